The van der Waals surface area contributed by atoms with Crippen LogP contribution in [0.5, 0.6) is 5.75 Å². The molecule has 1 aromatic rings. The molecule has 19 heavy (non-hydrogen) atoms. The molecule has 2 atom stereocenters. The number of esters is 1. The third-order valence-electron chi connectivity index (χ3n) is 3.00. The van der Waals surface area contributed by atoms with E-state index in [2.05, 4.69) is 4.74 Å². The van der Waals surface area contributed by atoms with Crippen LogP contribution in [0.2, 0.25) is 0 Å². The van der Waals surface area contributed by atoms with Gasteiger partial charge in [0.25, 0.3) is 0 Å². The maximum Gasteiger partial charge on any atom is 0.308 e. The van der Waals surface area contributed by atoms with Crippen molar-refractivity contribution in [3.05, 3.63) is 28.8 Å². The first-order valence-corrected chi connectivity index (χ1v) is 5.98. The second-order valence-electron chi connectivity index (χ2n) is 4.48. The Morgan fingerprint density at radius 3 is 2.16 bits per heavy atom. The lowest BCUT2D eigenvalue weighted by atomic mass is 9.97. The van der Waals surface area contributed by atoms with E-state index in [1.807, 2.05) is 13.8 Å². The molecular weight excluding hydrogens is 248 g/mol. The topological polar surface area (TPSA) is 76.0 Å². The van der Waals surface area contributed by atoms with Crippen LogP contribution >= 0.6 is 0 Å². The monoisotopic (exact) mass is 268 g/mol. The highest BCUT2D eigenvalue weighted by atomic mass is 16.5. The minimum atomic E-state index is -1.19. The zero-order valence-corrected chi connectivity index (χ0v) is 11.6. The second kappa shape index (κ2) is 6.54. The number of carbonyl (C=O) groups is 1. The lowest BCUT2D eigenvalue weighted by Gasteiger charge is -2.19. The molecule has 0 saturated carbocycles. The van der Waals surface area contributed by atoms with E-state index in [1.165, 1.54) is 7.11 Å². The highest BCUT2D eigenvalue weighted by molar-refractivity contribution is 5.69. The van der Waals surface area contributed by atoms with Gasteiger partial charge in [-0.3, -0.25) is 4.79 Å². The van der Waals surface area contributed by atoms with E-state index in [-0.39, 0.29) is 6.42 Å². The summed E-state index contributed by atoms with van der Waals surface area (Å²) < 4.78 is 9.70. The minimum Gasteiger partial charge on any atom is -0.496 e. The lowest BCUT2D eigenvalue weighted by molar-refractivity contribution is -0.144. The molecule has 5 nitrogen and oxygen atoms in total. The van der Waals surface area contributed by atoms with Crippen molar-refractivity contribution in [2.24, 2.45) is 0 Å². The number of hydrogen-bond donors (Lipinski definition) is 2. The van der Waals surface area contributed by atoms with E-state index in [4.69, 9.17) is 4.74 Å². The van der Waals surface area contributed by atoms with Crippen LogP contribution in [-0.4, -0.2) is 36.5 Å². The van der Waals surface area contributed by atoms with Crippen molar-refractivity contribution in [3.8, 4) is 5.75 Å². The molecule has 0 fully saturated rings. The summed E-state index contributed by atoms with van der Waals surface area (Å²) in [4.78, 5) is 11.1. The van der Waals surface area contributed by atoms with Gasteiger partial charge < -0.3 is 19.7 Å². The molecular formula is C14H20O5. The van der Waals surface area contributed by atoms with Gasteiger partial charge in [0.1, 0.15) is 11.9 Å². The number of methoxy groups -OCH3 is 2. The summed E-state index contributed by atoms with van der Waals surface area (Å²) >= 11 is 0. The summed E-state index contributed by atoms with van der Waals surface area (Å²) in [6.07, 6.45) is -2.58. The molecule has 0 aliphatic heterocycles. The zero-order valence-electron chi connectivity index (χ0n) is 11.6. The Morgan fingerprint density at radius 1 is 1.21 bits per heavy atom. The van der Waals surface area contributed by atoms with Crippen LogP contribution in [-0.2, 0) is 9.53 Å². The molecule has 2 unspecified atom stereocenters. The highest BCUT2D eigenvalue weighted by Crippen LogP contribution is 2.29. The molecule has 0 radical (unpaired) electrons. The van der Waals surface area contributed by atoms with Crippen LogP contribution in [0, 0.1) is 13.8 Å². The van der Waals surface area contributed by atoms with Crippen molar-refractivity contribution in [2.45, 2.75) is 32.5 Å². The van der Waals surface area contributed by atoms with Gasteiger partial charge in [-0.1, -0.05) is 0 Å². The summed E-state index contributed by atoms with van der Waals surface area (Å²) in [5.74, 6) is 0.187. The Kier molecular flexibility index (Phi) is 5.32. The summed E-state index contributed by atoms with van der Waals surface area (Å²) in [5.41, 5.74) is 2.27. The maximum absolute atomic E-state index is 11.1. The van der Waals surface area contributed by atoms with Crippen LogP contribution in [0.25, 0.3) is 0 Å². The average Bonchev–Trinajstić information content (AvgIpc) is 2.37. The Balaban J connectivity index is 2.94. The molecule has 0 amide bonds. The van der Waals surface area contributed by atoms with Crippen molar-refractivity contribution in [2.75, 3.05) is 14.2 Å². The number of carbonyl (C=O) groups excluding carboxylic acids is 1. The van der Waals surface area contributed by atoms with Gasteiger partial charge >= 0.3 is 5.97 Å². The number of hydrogen-bond acceptors (Lipinski definition) is 5. The molecule has 2 N–H and O–H groups in total. The number of benzene rings is 1. The summed E-state index contributed by atoms with van der Waals surface area (Å²) in [6, 6.07) is 3.47. The van der Waals surface area contributed by atoms with E-state index in [1.54, 1.807) is 19.2 Å². The fraction of sp³-hybridized carbons (Fsp3) is 0.500. The molecule has 106 valence electrons. The molecule has 0 saturated heterocycles. The van der Waals surface area contributed by atoms with E-state index in [0.717, 1.165) is 16.9 Å². The average molecular weight is 268 g/mol. The van der Waals surface area contributed by atoms with Crippen LogP contribution in [0.15, 0.2) is 12.1 Å². The Labute approximate surface area is 112 Å². The molecule has 0 heterocycles. The third-order valence-corrected chi connectivity index (χ3v) is 3.00. The van der Waals surface area contributed by atoms with Gasteiger partial charge in [0, 0.05) is 0 Å². The SMILES string of the molecule is COC(=O)CC(O)C(O)c1cc(C)c(OC)c(C)c1. The van der Waals surface area contributed by atoms with Gasteiger partial charge in [-0.05, 0) is 42.7 Å². The molecule has 5 heteroatoms. The van der Waals surface area contributed by atoms with Crippen molar-refractivity contribution in [1.29, 1.82) is 0 Å². The van der Waals surface area contributed by atoms with Gasteiger partial charge in [-0.15, -0.1) is 0 Å². The predicted molar refractivity (Wildman–Crippen MR) is 70.1 cm³/mol. The van der Waals surface area contributed by atoms with E-state index in [9.17, 15) is 15.0 Å². The van der Waals surface area contributed by atoms with Gasteiger partial charge in [0.2, 0.25) is 0 Å². The molecule has 0 spiro atoms. The van der Waals surface area contributed by atoms with Crippen molar-refractivity contribution < 1.29 is 24.5 Å². The second-order valence-corrected chi connectivity index (χ2v) is 4.48. The molecule has 0 bridgehead atoms. The molecule has 0 aliphatic carbocycles. The number of aliphatic hydroxyl groups excluding tert-OH is 2. The Hall–Kier alpha value is -1.59. The summed E-state index contributed by atoms with van der Waals surface area (Å²) in [5, 5.41) is 19.8. The van der Waals surface area contributed by atoms with E-state index in [0.29, 0.717) is 5.56 Å². The van der Waals surface area contributed by atoms with Gasteiger partial charge in [-0.25, -0.2) is 0 Å². The number of aryl methyl sites for hydroxylation is 2. The highest BCUT2D eigenvalue weighted by Gasteiger charge is 2.23. The lowest BCUT2D eigenvalue weighted by Crippen LogP contribution is -2.22. The van der Waals surface area contributed by atoms with Crippen LogP contribution in [0.1, 0.15) is 29.2 Å². The minimum absolute atomic E-state index is 0.248. The summed E-state index contributed by atoms with van der Waals surface area (Å²) in [7, 11) is 2.82. The van der Waals surface area contributed by atoms with Crippen molar-refractivity contribution >= 4 is 5.97 Å². The van der Waals surface area contributed by atoms with Gasteiger partial charge in [-0.2, -0.15) is 0 Å². The third kappa shape index (κ3) is 3.68. The fourth-order valence-corrected chi connectivity index (χ4v) is 2.06. The number of rotatable bonds is 5. The fourth-order valence-electron chi connectivity index (χ4n) is 2.06. The first-order valence-electron chi connectivity index (χ1n) is 5.98. The first-order chi connectivity index (χ1) is 8.90. The first kappa shape index (κ1) is 15.5. The number of ether oxygens (including phenoxy) is 2. The Bertz CT molecular complexity index is 432. The van der Waals surface area contributed by atoms with Crippen LogP contribution in [0.3, 0.4) is 0 Å². The molecule has 0 aliphatic rings. The summed E-state index contributed by atoms with van der Waals surface area (Å²) in [6.45, 7) is 3.71. The molecule has 0 aromatic heterocycles. The van der Waals surface area contributed by atoms with E-state index >= 15 is 0 Å². The quantitative estimate of drug-likeness (QED) is 0.786. The standard InChI is InChI=1S/C14H20O5/c1-8-5-10(6-9(2)14(8)19-4)13(17)11(15)7-12(16)18-3/h5-6,11,13,15,17H,7H2,1-4H3. The van der Waals surface area contributed by atoms with E-state index < -0.39 is 18.2 Å². The largest absolute Gasteiger partial charge is 0.496 e. The normalized spacial score (nSPS) is 13.8. The predicted octanol–water partition coefficient (Wildman–Crippen LogP) is 1.27. The molecule has 1 aromatic carbocycles. The Morgan fingerprint density at radius 2 is 1.74 bits per heavy atom. The van der Waals surface area contributed by atoms with Gasteiger partial charge in [0.05, 0.1) is 26.7 Å². The van der Waals surface area contributed by atoms with Crippen LogP contribution < -0.4 is 4.74 Å². The van der Waals surface area contributed by atoms with Crippen molar-refractivity contribution in [1.82, 2.24) is 0 Å². The van der Waals surface area contributed by atoms with Crippen molar-refractivity contribution in [3.63, 3.8) is 0 Å². The van der Waals surface area contributed by atoms with Crippen LogP contribution in [0.4, 0.5) is 0 Å². The van der Waals surface area contributed by atoms with Gasteiger partial charge in [0.15, 0.2) is 0 Å². The number of aliphatic hydroxyl groups is 2. The maximum atomic E-state index is 11.1. The zero-order chi connectivity index (χ0) is 14.6. The smallest absolute Gasteiger partial charge is 0.308 e. The molecule has 1 rings (SSSR count).